The largest absolute Gasteiger partial charge is 0.322 e. The van der Waals surface area contributed by atoms with E-state index in [1.165, 1.54) is 11.1 Å². The summed E-state index contributed by atoms with van der Waals surface area (Å²) < 4.78 is 1.72. The third-order valence-electron chi connectivity index (χ3n) is 4.62. The lowest BCUT2D eigenvalue weighted by atomic mass is 10.0. The molecule has 7 heteroatoms. The van der Waals surface area contributed by atoms with Crippen molar-refractivity contribution in [2.45, 2.75) is 26.4 Å². The molecule has 0 radical (unpaired) electrons. The average molecular weight is 348 g/mol. The van der Waals surface area contributed by atoms with Gasteiger partial charge in [-0.1, -0.05) is 36.4 Å². The Morgan fingerprint density at radius 1 is 1.15 bits per heavy atom. The minimum absolute atomic E-state index is 0.0910. The molecule has 4 rings (SSSR count). The molecule has 3 aromatic rings. The molecule has 0 aliphatic carbocycles. The van der Waals surface area contributed by atoms with E-state index in [4.69, 9.17) is 0 Å². The number of carbonyl (C=O) groups excluding carboxylic acids is 1. The monoisotopic (exact) mass is 348 g/mol. The van der Waals surface area contributed by atoms with Crippen molar-refractivity contribution < 1.29 is 4.79 Å². The van der Waals surface area contributed by atoms with Gasteiger partial charge < -0.3 is 10.2 Å². The third kappa shape index (κ3) is 3.15. The van der Waals surface area contributed by atoms with Crippen molar-refractivity contribution >= 4 is 11.7 Å². The van der Waals surface area contributed by atoms with Gasteiger partial charge in [0.1, 0.15) is 0 Å². The molecule has 26 heavy (non-hydrogen) atoms. The van der Waals surface area contributed by atoms with Crippen LogP contribution in [-0.4, -0.2) is 37.7 Å². The van der Waals surface area contributed by atoms with Crippen molar-refractivity contribution in [2.24, 2.45) is 0 Å². The highest BCUT2D eigenvalue weighted by molar-refractivity contribution is 5.90. The first-order valence-corrected chi connectivity index (χ1v) is 8.74. The minimum Gasteiger partial charge on any atom is -0.320 e. The zero-order chi connectivity index (χ0) is 17.9. The molecule has 0 saturated carbocycles. The van der Waals surface area contributed by atoms with Crippen LogP contribution in [-0.2, 0) is 19.5 Å². The number of carbonyl (C=O) groups is 1. The fourth-order valence-electron chi connectivity index (χ4n) is 3.23. The Hall–Kier alpha value is -3.22. The van der Waals surface area contributed by atoms with Gasteiger partial charge in [-0.3, -0.25) is 0 Å². The molecule has 2 aromatic carbocycles. The molecule has 2 heterocycles. The molecular formula is C19H20N6O. The number of aromatic nitrogens is 4. The molecule has 0 spiro atoms. The predicted molar refractivity (Wildman–Crippen MR) is 98.5 cm³/mol. The summed E-state index contributed by atoms with van der Waals surface area (Å²) in [6.07, 6.45) is 0.884. The summed E-state index contributed by atoms with van der Waals surface area (Å²) in [6.45, 7) is 4.03. The van der Waals surface area contributed by atoms with Crippen LogP contribution in [0.2, 0.25) is 0 Å². The molecule has 0 saturated heterocycles. The molecule has 1 aromatic heterocycles. The van der Waals surface area contributed by atoms with Gasteiger partial charge in [0.25, 0.3) is 0 Å². The van der Waals surface area contributed by atoms with E-state index in [2.05, 4.69) is 33.0 Å². The Morgan fingerprint density at radius 3 is 2.85 bits per heavy atom. The Labute approximate surface area is 151 Å². The van der Waals surface area contributed by atoms with E-state index < -0.39 is 0 Å². The lowest BCUT2D eigenvalue weighted by molar-refractivity contribution is 0.206. The van der Waals surface area contributed by atoms with Crippen LogP contribution in [0, 0.1) is 0 Å². The number of nitrogens with zero attached hydrogens (tertiary/aromatic N) is 5. The fourth-order valence-corrected chi connectivity index (χ4v) is 3.23. The van der Waals surface area contributed by atoms with Gasteiger partial charge in [-0.2, -0.15) is 0 Å². The van der Waals surface area contributed by atoms with E-state index in [-0.39, 0.29) is 6.03 Å². The lowest BCUT2D eigenvalue weighted by Gasteiger charge is -2.29. The van der Waals surface area contributed by atoms with Crippen LogP contribution in [0.4, 0.5) is 10.5 Å². The average Bonchev–Trinajstić information content (AvgIpc) is 3.16. The topological polar surface area (TPSA) is 75.9 Å². The number of urea groups is 1. The number of tetrazole rings is 1. The molecule has 1 aliphatic rings. The molecular weight excluding hydrogens is 328 g/mol. The van der Waals surface area contributed by atoms with Gasteiger partial charge in [-0.25, -0.2) is 9.48 Å². The molecule has 132 valence electrons. The number of nitrogens with one attached hydrogen (secondary N) is 1. The van der Waals surface area contributed by atoms with Gasteiger partial charge in [0.15, 0.2) is 5.82 Å². The molecule has 0 unspecified atom stereocenters. The molecule has 0 atom stereocenters. The summed E-state index contributed by atoms with van der Waals surface area (Å²) in [7, 11) is 0. The molecule has 1 N–H and O–H groups in total. The number of hydrogen-bond acceptors (Lipinski definition) is 4. The maximum absolute atomic E-state index is 12.7. The van der Waals surface area contributed by atoms with Crippen molar-refractivity contribution in [3.05, 3.63) is 59.7 Å². The van der Waals surface area contributed by atoms with Gasteiger partial charge in [-0.15, -0.1) is 5.10 Å². The second kappa shape index (κ2) is 6.95. The molecule has 0 fully saturated rings. The Balaban J connectivity index is 1.49. The van der Waals surface area contributed by atoms with Gasteiger partial charge in [0.05, 0.1) is 0 Å². The van der Waals surface area contributed by atoms with Crippen molar-refractivity contribution in [2.75, 3.05) is 11.9 Å². The first-order valence-electron chi connectivity index (χ1n) is 8.74. The summed E-state index contributed by atoms with van der Waals surface area (Å²) in [5, 5.41) is 14.7. The zero-order valence-corrected chi connectivity index (χ0v) is 14.6. The number of rotatable bonds is 3. The van der Waals surface area contributed by atoms with E-state index in [1.807, 2.05) is 48.2 Å². The van der Waals surface area contributed by atoms with Gasteiger partial charge >= 0.3 is 6.03 Å². The van der Waals surface area contributed by atoms with Crippen LogP contribution in [0.25, 0.3) is 11.4 Å². The van der Waals surface area contributed by atoms with Crippen molar-refractivity contribution in [1.29, 1.82) is 0 Å². The normalized spacial score (nSPS) is 13.3. The quantitative estimate of drug-likeness (QED) is 0.789. The minimum atomic E-state index is -0.0910. The van der Waals surface area contributed by atoms with Gasteiger partial charge in [0.2, 0.25) is 0 Å². The molecule has 7 nitrogen and oxygen atoms in total. The number of hydrogen-bond donors (Lipinski definition) is 1. The number of aryl methyl sites for hydroxylation is 1. The number of amides is 2. The van der Waals surface area contributed by atoms with Gasteiger partial charge in [-0.05, 0) is 47.0 Å². The zero-order valence-electron chi connectivity index (χ0n) is 14.6. The number of benzene rings is 2. The summed E-state index contributed by atoms with van der Waals surface area (Å²) >= 11 is 0. The molecule has 1 aliphatic heterocycles. The van der Waals surface area contributed by atoms with E-state index in [9.17, 15) is 4.79 Å². The molecule has 0 bridgehead atoms. The van der Waals surface area contributed by atoms with Crippen LogP contribution in [0.1, 0.15) is 18.1 Å². The highest BCUT2D eigenvalue weighted by Crippen LogP contribution is 2.22. The summed E-state index contributed by atoms with van der Waals surface area (Å²) in [5.41, 5.74) is 4.14. The van der Waals surface area contributed by atoms with Crippen LogP contribution in [0.5, 0.6) is 0 Å². The first kappa shape index (κ1) is 16.3. The smallest absolute Gasteiger partial charge is 0.320 e. The summed E-state index contributed by atoms with van der Waals surface area (Å²) in [6, 6.07) is 15.8. The highest BCUT2D eigenvalue weighted by Gasteiger charge is 2.20. The Morgan fingerprint density at radius 2 is 2.00 bits per heavy atom. The third-order valence-corrected chi connectivity index (χ3v) is 4.62. The number of anilines is 1. The predicted octanol–water partition coefficient (Wildman–Crippen LogP) is 2.95. The van der Waals surface area contributed by atoms with Crippen LogP contribution in [0.3, 0.4) is 0 Å². The first-order chi connectivity index (χ1) is 12.7. The fraction of sp³-hybridized carbons (Fsp3) is 0.263. The van der Waals surface area contributed by atoms with E-state index in [1.54, 1.807) is 4.68 Å². The summed E-state index contributed by atoms with van der Waals surface area (Å²) in [5.74, 6) is 0.690. The van der Waals surface area contributed by atoms with Crippen molar-refractivity contribution in [3.63, 3.8) is 0 Å². The molecule has 2 amide bonds. The van der Waals surface area contributed by atoms with Crippen molar-refractivity contribution in [1.82, 2.24) is 25.1 Å². The summed E-state index contributed by atoms with van der Waals surface area (Å²) in [4.78, 5) is 14.5. The standard InChI is InChI=1S/C19H20N6O/c1-2-25-18(21-22-23-25)15-8-5-9-17(12-15)20-19(26)24-11-10-14-6-3-4-7-16(14)13-24/h3-9,12H,2,10-11,13H2,1H3,(H,20,26). The lowest BCUT2D eigenvalue weighted by Crippen LogP contribution is -2.38. The van der Waals surface area contributed by atoms with Crippen LogP contribution in [0.15, 0.2) is 48.5 Å². The maximum Gasteiger partial charge on any atom is 0.322 e. The van der Waals surface area contributed by atoms with E-state index in [0.29, 0.717) is 18.9 Å². The van der Waals surface area contributed by atoms with Crippen LogP contribution >= 0.6 is 0 Å². The SMILES string of the molecule is CCn1nnnc1-c1cccc(NC(=O)N2CCc3ccccc3C2)c1. The second-order valence-electron chi connectivity index (χ2n) is 6.27. The van der Waals surface area contributed by atoms with Gasteiger partial charge in [0, 0.05) is 30.9 Å². The second-order valence-corrected chi connectivity index (χ2v) is 6.27. The van der Waals surface area contributed by atoms with E-state index >= 15 is 0 Å². The Bertz CT molecular complexity index is 935. The Kier molecular flexibility index (Phi) is 4.35. The number of fused-ring (bicyclic) bond motifs is 1. The highest BCUT2D eigenvalue weighted by atomic mass is 16.2. The maximum atomic E-state index is 12.7. The van der Waals surface area contributed by atoms with E-state index in [0.717, 1.165) is 24.2 Å². The van der Waals surface area contributed by atoms with Crippen molar-refractivity contribution in [3.8, 4) is 11.4 Å². The van der Waals surface area contributed by atoms with Crippen LogP contribution < -0.4 is 5.32 Å².